The predicted molar refractivity (Wildman–Crippen MR) is 91.4 cm³/mol. The summed E-state index contributed by atoms with van der Waals surface area (Å²) in [6.07, 6.45) is 4.97. The van der Waals surface area contributed by atoms with E-state index in [1.807, 2.05) is 36.1 Å². The Balaban J connectivity index is 1.57. The summed E-state index contributed by atoms with van der Waals surface area (Å²) in [5.41, 5.74) is 1.32. The molecule has 25 heavy (non-hydrogen) atoms. The molecule has 0 unspecified atom stereocenters. The number of hydrogen-bond donors (Lipinski definition) is 0. The van der Waals surface area contributed by atoms with Crippen molar-refractivity contribution >= 4 is 5.91 Å². The first-order valence-corrected chi connectivity index (χ1v) is 8.65. The molecule has 4 heterocycles. The molecule has 0 aromatic carbocycles. The van der Waals surface area contributed by atoms with E-state index >= 15 is 0 Å². The van der Waals surface area contributed by atoms with E-state index in [-0.39, 0.29) is 24.2 Å². The average Bonchev–Trinajstić information content (AvgIpc) is 3.01. The monoisotopic (exact) mass is 339 g/mol. The molecule has 3 atom stereocenters. The van der Waals surface area contributed by atoms with Gasteiger partial charge in [0.25, 0.3) is 5.91 Å². The van der Waals surface area contributed by atoms with Crippen LogP contribution in [0.1, 0.15) is 29.0 Å². The number of fused-ring (bicyclic) bond motifs is 1. The molecule has 6 heteroatoms. The third-order valence-corrected chi connectivity index (χ3v) is 4.77. The Hall–Kier alpha value is -2.47. The standard InChI is InChI=1S/C19H21N3O3/c1-13-5-2-7-15(21-13)19(23)22-12-17(18-16(22)8-4-10-24-18)25-14-6-3-9-20-11-14/h2-3,5-7,9,11,16-18H,4,8,10,12H2,1H3/t16-,17+,18+/m0/s1. The molecular weight excluding hydrogens is 318 g/mol. The van der Waals surface area contributed by atoms with Gasteiger partial charge in [0.05, 0.1) is 18.8 Å². The van der Waals surface area contributed by atoms with Crippen LogP contribution in [-0.4, -0.2) is 52.2 Å². The third-order valence-electron chi connectivity index (χ3n) is 4.77. The highest BCUT2D eigenvalue weighted by Crippen LogP contribution is 2.32. The lowest BCUT2D eigenvalue weighted by Crippen LogP contribution is -2.44. The highest BCUT2D eigenvalue weighted by atomic mass is 16.5. The number of hydrogen-bond acceptors (Lipinski definition) is 5. The zero-order valence-electron chi connectivity index (χ0n) is 14.2. The minimum atomic E-state index is -0.191. The lowest BCUT2D eigenvalue weighted by Gasteiger charge is -2.31. The predicted octanol–water partition coefficient (Wildman–Crippen LogP) is 2.24. The van der Waals surface area contributed by atoms with Crippen molar-refractivity contribution in [3.05, 3.63) is 54.1 Å². The first-order chi connectivity index (χ1) is 12.2. The van der Waals surface area contributed by atoms with Crippen LogP contribution in [0.4, 0.5) is 0 Å². The number of carbonyl (C=O) groups excluding carboxylic acids is 1. The van der Waals surface area contributed by atoms with E-state index in [0.717, 1.165) is 18.5 Å². The van der Waals surface area contributed by atoms with E-state index in [4.69, 9.17) is 9.47 Å². The van der Waals surface area contributed by atoms with Crippen molar-refractivity contribution in [1.82, 2.24) is 14.9 Å². The Labute approximate surface area is 146 Å². The number of likely N-dealkylation sites (tertiary alicyclic amines) is 1. The van der Waals surface area contributed by atoms with Crippen molar-refractivity contribution in [1.29, 1.82) is 0 Å². The zero-order valence-corrected chi connectivity index (χ0v) is 14.2. The number of ether oxygens (including phenoxy) is 2. The lowest BCUT2D eigenvalue weighted by atomic mass is 10.0. The smallest absolute Gasteiger partial charge is 0.272 e. The van der Waals surface area contributed by atoms with Crippen molar-refractivity contribution in [3.63, 3.8) is 0 Å². The molecule has 2 fully saturated rings. The molecule has 0 saturated carbocycles. The lowest BCUT2D eigenvalue weighted by molar-refractivity contribution is -0.0447. The van der Waals surface area contributed by atoms with Gasteiger partial charge in [-0.25, -0.2) is 4.98 Å². The Bertz CT molecular complexity index is 753. The highest BCUT2D eigenvalue weighted by Gasteiger charge is 2.47. The zero-order chi connectivity index (χ0) is 17.2. The largest absolute Gasteiger partial charge is 0.484 e. The second-order valence-electron chi connectivity index (χ2n) is 6.51. The molecule has 2 aromatic rings. The Morgan fingerprint density at radius 2 is 2.24 bits per heavy atom. The van der Waals surface area contributed by atoms with Crippen molar-refractivity contribution < 1.29 is 14.3 Å². The van der Waals surface area contributed by atoms with E-state index in [0.29, 0.717) is 24.6 Å². The van der Waals surface area contributed by atoms with Gasteiger partial charge in [-0.2, -0.15) is 0 Å². The van der Waals surface area contributed by atoms with Crippen LogP contribution >= 0.6 is 0 Å². The molecule has 2 saturated heterocycles. The molecule has 0 radical (unpaired) electrons. The van der Waals surface area contributed by atoms with Gasteiger partial charge in [-0.3, -0.25) is 9.78 Å². The van der Waals surface area contributed by atoms with E-state index in [2.05, 4.69) is 9.97 Å². The van der Waals surface area contributed by atoms with Gasteiger partial charge in [0.15, 0.2) is 0 Å². The molecule has 0 aliphatic carbocycles. The van der Waals surface area contributed by atoms with Crippen LogP contribution in [0.15, 0.2) is 42.7 Å². The number of nitrogens with zero attached hydrogens (tertiary/aromatic N) is 3. The van der Waals surface area contributed by atoms with Crippen LogP contribution in [0, 0.1) is 6.92 Å². The molecule has 2 aliphatic rings. The van der Waals surface area contributed by atoms with Gasteiger partial charge in [0.1, 0.15) is 23.7 Å². The number of rotatable bonds is 3. The number of pyridine rings is 2. The van der Waals surface area contributed by atoms with Crippen molar-refractivity contribution in [2.75, 3.05) is 13.2 Å². The average molecular weight is 339 g/mol. The van der Waals surface area contributed by atoms with E-state index in [1.165, 1.54) is 0 Å². The molecule has 0 spiro atoms. The second-order valence-corrected chi connectivity index (χ2v) is 6.51. The quantitative estimate of drug-likeness (QED) is 0.858. The van der Waals surface area contributed by atoms with Gasteiger partial charge < -0.3 is 14.4 Å². The maximum Gasteiger partial charge on any atom is 0.272 e. The summed E-state index contributed by atoms with van der Waals surface area (Å²) in [6.45, 7) is 3.10. The molecule has 2 aliphatic heterocycles. The van der Waals surface area contributed by atoms with Gasteiger partial charge in [-0.05, 0) is 44.0 Å². The van der Waals surface area contributed by atoms with E-state index in [9.17, 15) is 4.79 Å². The maximum atomic E-state index is 13.0. The van der Waals surface area contributed by atoms with E-state index in [1.54, 1.807) is 18.5 Å². The Kier molecular flexibility index (Phi) is 4.36. The van der Waals surface area contributed by atoms with Crippen LogP contribution in [0.5, 0.6) is 5.75 Å². The van der Waals surface area contributed by atoms with Crippen molar-refractivity contribution in [2.24, 2.45) is 0 Å². The van der Waals surface area contributed by atoms with E-state index < -0.39 is 0 Å². The molecular formula is C19H21N3O3. The number of carbonyl (C=O) groups is 1. The second kappa shape index (κ2) is 6.80. The van der Waals surface area contributed by atoms with Crippen LogP contribution in [0.3, 0.4) is 0 Å². The summed E-state index contributed by atoms with van der Waals surface area (Å²) in [5, 5.41) is 0. The Morgan fingerprint density at radius 1 is 1.32 bits per heavy atom. The van der Waals surface area contributed by atoms with Crippen molar-refractivity contribution in [2.45, 2.75) is 38.0 Å². The summed E-state index contributed by atoms with van der Waals surface area (Å²) >= 11 is 0. The summed E-state index contributed by atoms with van der Waals surface area (Å²) < 4.78 is 12.1. The fourth-order valence-corrected chi connectivity index (χ4v) is 3.65. The fraction of sp³-hybridized carbons (Fsp3) is 0.421. The SMILES string of the molecule is Cc1cccc(C(=O)N2C[C@@H](Oc3cccnc3)[C@@H]3OCCC[C@@H]32)n1. The minimum Gasteiger partial charge on any atom is -0.484 e. The van der Waals surface area contributed by atoms with Gasteiger partial charge >= 0.3 is 0 Å². The van der Waals surface area contributed by atoms with Gasteiger partial charge in [-0.15, -0.1) is 0 Å². The number of aromatic nitrogens is 2. The van der Waals surface area contributed by atoms with Crippen LogP contribution in [0.25, 0.3) is 0 Å². The normalized spacial score (nSPS) is 25.5. The summed E-state index contributed by atoms with van der Waals surface area (Å²) in [5.74, 6) is 0.643. The maximum absolute atomic E-state index is 13.0. The van der Waals surface area contributed by atoms with Crippen molar-refractivity contribution in [3.8, 4) is 5.75 Å². The minimum absolute atomic E-state index is 0.0326. The summed E-state index contributed by atoms with van der Waals surface area (Å²) in [4.78, 5) is 23.3. The number of amides is 1. The Morgan fingerprint density at radius 3 is 3.04 bits per heavy atom. The number of aryl methyl sites for hydroxylation is 1. The molecule has 4 rings (SSSR count). The first-order valence-electron chi connectivity index (χ1n) is 8.65. The molecule has 1 amide bonds. The summed E-state index contributed by atoms with van der Waals surface area (Å²) in [7, 11) is 0. The topological polar surface area (TPSA) is 64.6 Å². The molecule has 2 aromatic heterocycles. The van der Waals surface area contributed by atoms with Gasteiger partial charge in [0, 0.05) is 18.5 Å². The molecule has 6 nitrogen and oxygen atoms in total. The highest BCUT2D eigenvalue weighted by molar-refractivity contribution is 5.93. The molecule has 0 N–H and O–H groups in total. The molecule has 130 valence electrons. The summed E-state index contributed by atoms with van der Waals surface area (Å²) in [6, 6.07) is 9.26. The molecule has 0 bridgehead atoms. The van der Waals surface area contributed by atoms with Crippen LogP contribution < -0.4 is 4.74 Å². The van der Waals surface area contributed by atoms with Gasteiger partial charge in [-0.1, -0.05) is 6.07 Å². The van der Waals surface area contributed by atoms with Crippen LogP contribution in [0.2, 0.25) is 0 Å². The first kappa shape index (κ1) is 16.0. The third kappa shape index (κ3) is 3.22. The van der Waals surface area contributed by atoms with Crippen LogP contribution in [-0.2, 0) is 4.74 Å². The fourth-order valence-electron chi connectivity index (χ4n) is 3.65. The van der Waals surface area contributed by atoms with Gasteiger partial charge in [0.2, 0.25) is 0 Å².